The molecule has 0 bridgehead atoms. The summed E-state index contributed by atoms with van der Waals surface area (Å²) in [4.78, 5) is 0. The van der Waals surface area contributed by atoms with Crippen molar-refractivity contribution in [3.05, 3.63) is 17.4 Å². The molecule has 1 aromatic rings. The second-order valence-electron chi connectivity index (χ2n) is 4.61. The molecule has 0 spiro atoms. The SMILES string of the molecule is Clc1cc(NC2CCCC3CC32)cnn1. The van der Waals surface area contributed by atoms with Crippen molar-refractivity contribution in [1.29, 1.82) is 0 Å². The highest BCUT2D eigenvalue weighted by atomic mass is 35.5. The Morgan fingerprint density at radius 3 is 3.20 bits per heavy atom. The number of halogens is 1. The van der Waals surface area contributed by atoms with Gasteiger partial charge in [-0.3, -0.25) is 0 Å². The molecule has 1 aromatic heterocycles. The van der Waals surface area contributed by atoms with Crippen LogP contribution in [0.3, 0.4) is 0 Å². The third-order valence-corrected chi connectivity index (χ3v) is 3.75. The standard InChI is InChI=1S/C11H14ClN3/c12-11-5-8(6-13-15-11)14-10-3-1-2-7-4-9(7)10/h5-7,9-10H,1-4H2,(H,14,15). The van der Waals surface area contributed by atoms with Crippen molar-refractivity contribution in [3.63, 3.8) is 0 Å². The summed E-state index contributed by atoms with van der Waals surface area (Å²) in [5.74, 6) is 1.88. The van der Waals surface area contributed by atoms with Gasteiger partial charge in [0.25, 0.3) is 0 Å². The summed E-state index contributed by atoms with van der Waals surface area (Å²) in [6.45, 7) is 0. The quantitative estimate of drug-likeness (QED) is 0.838. The van der Waals surface area contributed by atoms with Crippen molar-refractivity contribution in [2.45, 2.75) is 31.7 Å². The van der Waals surface area contributed by atoms with Crippen LogP contribution in [0.4, 0.5) is 5.69 Å². The highest BCUT2D eigenvalue weighted by molar-refractivity contribution is 6.29. The summed E-state index contributed by atoms with van der Waals surface area (Å²) >= 11 is 5.80. The summed E-state index contributed by atoms with van der Waals surface area (Å²) in [7, 11) is 0. The second kappa shape index (κ2) is 3.63. The third-order valence-electron chi connectivity index (χ3n) is 3.56. The van der Waals surface area contributed by atoms with E-state index in [1.54, 1.807) is 6.20 Å². The van der Waals surface area contributed by atoms with E-state index in [4.69, 9.17) is 11.6 Å². The van der Waals surface area contributed by atoms with Crippen LogP contribution < -0.4 is 5.32 Å². The molecule has 0 aromatic carbocycles. The molecule has 1 N–H and O–H groups in total. The van der Waals surface area contributed by atoms with Gasteiger partial charge in [0.05, 0.1) is 11.9 Å². The number of aromatic nitrogens is 2. The maximum atomic E-state index is 5.80. The van der Waals surface area contributed by atoms with Gasteiger partial charge in [-0.1, -0.05) is 24.4 Å². The fraction of sp³-hybridized carbons (Fsp3) is 0.636. The van der Waals surface area contributed by atoms with Crippen LogP contribution in [0.1, 0.15) is 25.7 Å². The highest BCUT2D eigenvalue weighted by Crippen LogP contribution is 2.50. The van der Waals surface area contributed by atoms with Crippen molar-refractivity contribution in [2.24, 2.45) is 11.8 Å². The molecule has 2 aliphatic carbocycles. The van der Waals surface area contributed by atoms with Crippen LogP contribution >= 0.6 is 11.6 Å². The van der Waals surface area contributed by atoms with Gasteiger partial charge in [0, 0.05) is 12.1 Å². The minimum atomic E-state index is 0.461. The van der Waals surface area contributed by atoms with Gasteiger partial charge in [-0.2, -0.15) is 5.10 Å². The van der Waals surface area contributed by atoms with Crippen LogP contribution in [-0.2, 0) is 0 Å². The number of anilines is 1. The molecule has 0 aliphatic heterocycles. The minimum absolute atomic E-state index is 0.461. The Kier molecular flexibility index (Phi) is 2.28. The predicted octanol–water partition coefficient (Wildman–Crippen LogP) is 2.73. The monoisotopic (exact) mass is 223 g/mol. The van der Waals surface area contributed by atoms with E-state index in [9.17, 15) is 0 Å². The molecule has 3 unspecified atom stereocenters. The van der Waals surface area contributed by atoms with Gasteiger partial charge < -0.3 is 5.32 Å². The molecular weight excluding hydrogens is 210 g/mol. The normalized spacial score (nSPS) is 33.3. The average Bonchev–Trinajstić information content (AvgIpc) is 2.97. The molecule has 3 rings (SSSR count). The molecular formula is C11H14ClN3. The minimum Gasteiger partial charge on any atom is -0.381 e. The van der Waals surface area contributed by atoms with E-state index in [0.29, 0.717) is 11.2 Å². The first-order valence-electron chi connectivity index (χ1n) is 5.58. The van der Waals surface area contributed by atoms with Gasteiger partial charge in [0.1, 0.15) is 0 Å². The van der Waals surface area contributed by atoms with Crippen LogP contribution in [0.2, 0.25) is 5.15 Å². The van der Waals surface area contributed by atoms with Crippen molar-refractivity contribution >= 4 is 17.3 Å². The summed E-state index contributed by atoms with van der Waals surface area (Å²) in [6.07, 6.45) is 7.21. The lowest BCUT2D eigenvalue weighted by molar-refractivity contribution is 0.439. The number of nitrogens with one attached hydrogen (secondary N) is 1. The number of hydrogen-bond acceptors (Lipinski definition) is 3. The Hall–Kier alpha value is -0.830. The Labute approximate surface area is 94.2 Å². The Bertz CT molecular complexity index is 369. The largest absolute Gasteiger partial charge is 0.381 e. The third kappa shape index (κ3) is 1.93. The smallest absolute Gasteiger partial charge is 0.153 e. The molecule has 80 valence electrons. The highest BCUT2D eigenvalue weighted by Gasteiger charge is 2.45. The predicted molar refractivity (Wildman–Crippen MR) is 59.9 cm³/mol. The van der Waals surface area contributed by atoms with Crippen LogP contribution in [-0.4, -0.2) is 16.2 Å². The first-order valence-corrected chi connectivity index (χ1v) is 5.95. The lowest BCUT2D eigenvalue weighted by Gasteiger charge is -2.23. The molecule has 2 saturated carbocycles. The first kappa shape index (κ1) is 9.40. The second-order valence-corrected chi connectivity index (χ2v) is 5.00. The van der Waals surface area contributed by atoms with Gasteiger partial charge in [-0.25, -0.2) is 0 Å². The molecule has 15 heavy (non-hydrogen) atoms. The molecule has 0 radical (unpaired) electrons. The summed E-state index contributed by atoms with van der Waals surface area (Å²) < 4.78 is 0. The van der Waals surface area contributed by atoms with Gasteiger partial charge in [0.15, 0.2) is 5.15 Å². The number of rotatable bonds is 2. The first-order chi connectivity index (χ1) is 7.33. The van der Waals surface area contributed by atoms with Gasteiger partial charge in [-0.15, -0.1) is 5.10 Å². The zero-order chi connectivity index (χ0) is 10.3. The Balaban J connectivity index is 1.69. The van der Waals surface area contributed by atoms with E-state index < -0.39 is 0 Å². The molecule has 3 atom stereocenters. The topological polar surface area (TPSA) is 37.8 Å². The molecule has 2 fully saturated rings. The maximum absolute atomic E-state index is 5.80. The van der Waals surface area contributed by atoms with Crippen molar-refractivity contribution in [1.82, 2.24) is 10.2 Å². The van der Waals surface area contributed by atoms with Crippen LogP contribution in [0, 0.1) is 11.8 Å². The summed E-state index contributed by atoms with van der Waals surface area (Å²) in [5, 5.41) is 11.6. The van der Waals surface area contributed by atoms with Crippen molar-refractivity contribution < 1.29 is 0 Å². The number of nitrogens with zero attached hydrogens (tertiary/aromatic N) is 2. The molecule has 4 heteroatoms. The average molecular weight is 224 g/mol. The van der Waals surface area contributed by atoms with E-state index in [-0.39, 0.29) is 0 Å². The van der Waals surface area contributed by atoms with E-state index >= 15 is 0 Å². The van der Waals surface area contributed by atoms with Crippen LogP contribution in [0.5, 0.6) is 0 Å². The lowest BCUT2D eigenvalue weighted by atomic mass is 9.95. The molecule has 3 nitrogen and oxygen atoms in total. The van der Waals surface area contributed by atoms with Crippen LogP contribution in [0.15, 0.2) is 12.3 Å². The summed E-state index contributed by atoms with van der Waals surface area (Å²) in [6, 6.07) is 2.48. The molecule has 2 aliphatic rings. The fourth-order valence-corrected chi connectivity index (χ4v) is 2.88. The fourth-order valence-electron chi connectivity index (χ4n) is 2.72. The maximum Gasteiger partial charge on any atom is 0.153 e. The van der Waals surface area contributed by atoms with E-state index in [0.717, 1.165) is 17.5 Å². The van der Waals surface area contributed by atoms with Crippen molar-refractivity contribution in [2.75, 3.05) is 5.32 Å². The Morgan fingerprint density at radius 2 is 2.33 bits per heavy atom. The van der Waals surface area contributed by atoms with Gasteiger partial charge in [-0.05, 0) is 24.7 Å². The van der Waals surface area contributed by atoms with Crippen LogP contribution in [0.25, 0.3) is 0 Å². The zero-order valence-electron chi connectivity index (χ0n) is 8.49. The van der Waals surface area contributed by atoms with E-state index in [2.05, 4.69) is 15.5 Å². The van der Waals surface area contributed by atoms with Gasteiger partial charge in [0.2, 0.25) is 0 Å². The Morgan fingerprint density at radius 1 is 1.40 bits per heavy atom. The zero-order valence-corrected chi connectivity index (χ0v) is 9.24. The van der Waals surface area contributed by atoms with E-state index in [1.807, 2.05) is 6.07 Å². The van der Waals surface area contributed by atoms with E-state index in [1.165, 1.54) is 25.7 Å². The summed E-state index contributed by atoms with van der Waals surface area (Å²) in [5.41, 5.74) is 1.01. The van der Waals surface area contributed by atoms with Gasteiger partial charge >= 0.3 is 0 Å². The lowest BCUT2D eigenvalue weighted by Crippen LogP contribution is -2.25. The molecule has 0 saturated heterocycles. The number of fused-ring (bicyclic) bond motifs is 1. The van der Waals surface area contributed by atoms with Crippen molar-refractivity contribution in [3.8, 4) is 0 Å². The molecule has 0 amide bonds. The number of hydrogen-bond donors (Lipinski definition) is 1. The molecule has 1 heterocycles.